The van der Waals surface area contributed by atoms with E-state index in [0.29, 0.717) is 19.2 Å². The maximum absolute atomic E-state index is 10.0. The molecule has 0 aliphatic heterocycles. The molecule has 0 saturated heterocycles. The Morgan fingerprint density at radius 3 is 2.76 bits per heavy atom. The maximum atomic E-state index is 10.0. The van der Waals surface area contributed by atoms with Crippen molar-refractivity contribution in [2.45, 2.75) is 51.2 Å². The van der Waals surface area contributed by atoms with Gasteiger partial charge in [0.15, 0.2) is 0 Å². The lowest BCUT2D eigenvalue weighted by Gasteiger charge is -2.19. The molecule has 3 unspecified atom stereocenters. The van der Waals surface area contributed by atoms with Gasteiger partial charge in [-0.15, -0.1) is 0 Å². The second-order valence-corrected chi connectivity index (χ2v) is 7.05. The number of aliphatic hydroxyl groups excluding tert-OH is 1. The summed E-state index contributed by atoms with van der Waals surface area (Å²) >= 11 is 3.39. The van der Waals surface area contributed by atoms with Gasteiger partial charge >= 0.3 is 0 Å². The van der Waals surface area contributed by atoms with Gasteiger partial charge in [-0.05, 0) is 49.4 Å². The maximum Gasteiger partial charge on any atom is 0.119 e. The van der Waals surface area contributed by atoms with Crippen molar-refractivity contribution >= 4 is 15.9 Å². The molecule has 0 bridgehead atoms. The van der Waals surface area contributed by atoms with Crippen LogP contribution in [0.2, 0.25) is 0 Å². The third-order valence-corrected chi connectivity index (χ3v) is 4.68. The van der Waals surface area contributed by atoms with Crippen LogP contribution in [0.4, 0.5) is 0 Å². The molecule has 1 saturated carbocycles. The lowest BCUT2D eigenvalue weighted by atomic mass is 10.0. The van der Waals surface area contributed by atoms with Gasteiger partial charge in [0.25, 0.3) is 0 Å². The number of rotatable bonds is 6. The molecule has 0 aromatic heterocycles. The minimum absolute atomic E-state index is 0.331. The van der Waals surface area contributed by atoms with Crippen molar-refractivity contribution in [2.24, 2.45) is 5.92 Å². The molecule has 3 atom stereocenters. The van der Waals surface area contributed by atoms with E-state index in [2.05, 4.69) is 28.2 Å². The van der Waals surface area contributed by atoms with Crippen molar-refractivity contribution in [3.63, 3.8) is 0 Å². The van der Waals surface area contributed by atoms with Crippen LogP contribution in [0.15, 0.2) is 28.7 Å². The van der Waals surface area contributed by atoms with E-state index in [0.717, 1.165) is 16.1 Å². The fourth-order valence-electron chi connectivity index (χ4n) is 2.78. The fourth-order valence-corrected chi connectivity index (χ4v) is 3.04. The Labute approximate surface area is 136 Å². The van der Waals surface area contributed by atoms with Gasteiger partial charge in [-0.3, -0.25) is 0 Å². The first-order valence-corrected chi connectivity index (χ1v) is 8.72. The SMILES string of the molecule is CC1CCCC(NCC(O)COc2ccc(Br)cc2)CC1. The van der Waals surface area contributed by atoms with Gasteiger partial charge in [0.1, 0.15) is 18.5 Å². The molecule has 2 rings (SSSR count). The fraction of sp³-hybridized carbons (Fsp3) is 0.647. The standard InChI is InChI=1S/C17H26BrNO2/c1-13-3-2-4-15(8-5-13)19-11-16(20)12-21-17-9-6-14(18)7-10-17/h6-7,9-10,13,15-16,19-20H,2-5,8,11-12H2,1H3. The normalized spacial score (nSPS) is 24.3. The Hall–Kier alpha value is -0.580. The van der Waals surface area contributed by atoms with Crippen molar-refractivity contribution in [1.29, 1.82) is 0 Å². The first kappa shape index (κ1) is 16.8. The summed E-state index contributed by atoms with van der Waals surface area (Å²) in [7, 11) is 0. The molecule has 0 amide bonds. The van der Waals surface area contributed by atoms with Crippen LogP contribution in [0.1, 0.15) is 39.0 Å². The van der Waals surface area contributed by atoms with E-state index in [1.807, 2.05) is 24.3 Å². The molecule has 2 N–H and O–H groups in total. The molecular weight excluding hydrogens is 330 g/mol. The summed E-state index contributed by atoms with van der Waals surface area (Å²) in [6.45, 7) is 3.27. The van der Waals surface area contributed by atoms with Gasteiger partial charge in [0.05, 0.1) is 0 Å². The lowest BCUT2D eigenvalue weighted by Crippen LogP contribution is -2.37. The average molecular weight is 356 g/mol. The number of hydrogen-bond acceptors (Lipinski definition) is 3. The van der Waals surface area contributed by atoms with Crippen LogP contribution in [0.25, 0.3) is 0 Å². The quantitative estimate of drug-likeness (QED) is 0.763. The Morgan fingerprint density at radius 2 is 2.00 bits per heavy atom. The monoisotopic (exact) mass is 355 g/mol. The van der Waals surface area contributed by atoms with Crippen LogP contribution in [-0.4, -0.2) is 30.4 Å². The van der Waals surface area contributed by atoms with Gasteiger partial charge < -0.3 is 15.2 Å². The Morgan fingerprint density at radius 1 is 1.24 bits per heavy atom. The second-order valence-electron chi connectivity index (χ2n) is 6.14. The predicted octanol–water partition coefficient (Wildman–Crippen LogP) is 3.75. The number of nitrogens with one attached hydrogen (secondary N) is 1. The average Bonchev–Trinajstić information content (AvgIpc) is 2.69. The molecule has 21 heavy (non-hydrogen) atoms. The molecule has 3 nitrogen and oxygen atoms in total. The third kappa shape index (κ3) is 6.37. The molecular formula is C17H26BrNO2. The van der Waals surface area contributed by atoms with Crippen molar-refractivity contribution in [2.75, 3.05) is 13.2 Å². The molecule has 1 aliphatic carbocycles. The zero-order valence-electron chi connectivity index (χ0n) is 12.7. The molecule has 1 aromatic carbocycles. The van der Waals surface area contributed by atoms with Crippen molar-refractivity contribution in [3.05, 3.63) is 28.7 Å². The van der Waals surface area contributed by atoms with E-state index < -0.39 is 6.10 Å². The Balaban J connectivity index is 1.65. The van der Waals surface area contributed by atoms with E-state index in [4.69, 9.17) is 4.74 Å². The van der Waals surface area contributed by atoms with Crippen molar-refractivity contribution in [1.82, 2.24) is 5.32 Å². The van der Waals surface area contributed by atoms with Crippen LogP contribution in [-0.2, 0) is 0 Å². The summed E-state index contributed by atoms with van der Waals surface area (Å²) in [5.74, 6) is 1.64. The topological polar surface area (TPSA) is 41.5 Å². The van der Waals surface area contributed by atoms with Crippen LogP contribution in [0.5, 0.6) is 5.75 Å². The van der Waals surface area contributed by atoms with Crippen LogP contribution >= 0.6 is 15.9 Å². The molecule has 0 spiro atoms. The highest BCUT2D eigenvalue weighted by Gasteiger charge is 2.16. The molecule has 1 aliphatic rings. The van der Waals surface area contributed by atoms with E-state index >= 15 is 0 Å². The highest BCUT2D eigenvalue weighted by Crippen LogP contribution is 2.22. The van der Waals surface area contributed by atoms with Gasteiger partial charge in [-0.25, -0.2) is 0 Å². The van der Waals surface area contributed by atoms with Crippen LogP contribution < -0.4 is 10.1 Å². The summed E-state index contributed by atoms with van der Waals surface area (Å²) in [6.07, 6.45) is 5.92. The number of benzene rings is 1. The van der Waals surface area contributed by atoms with Gasteiger partial charge in [0, 0.05) is 17.1 Å². The highest BCUT2D eigenvalue weighted by atomic mass is 79.9. The lowest BCUT2D eigenvalue weighted by molar-refractivity contribution is 0.103. The highest BCUT2D eigenvalue weighted by molar-refractivity contribution is 9.10. The van der Waals surface area contributed by atoms with Crippen LogP contribution in [0.3, 0.4) is 0 Å². The van der Waals surface area contributed by atoms with Gasteiger partial charge in [-0.1, -0.05) is 35.7 Å². The number of hydrogen-bond donors (Lipinski definition) is 2. The predicted molar refractivity (Wildman–Crippen MR) is 89.7 cm³/mol. The molecule has 1 fully saturated rings. The molecule has 0 heterocycles. The largest absolute Gasteiger partial charge is 0.491 e. The number of halogens is 1. The van der Waals surface area contributed by atoms with Crippen molar-refractivity contribution < 1.29 is 9.84 Å². The van der Waals surface area contributed by atoms with E-state index in [1.165, 1.54) is 32.1 Å². The van der Waals surface area contributed by atoms with Gasteiger partial charge in [0.2, 0.25) is 0 Å². The zero-order chi connectivity index (χ0) is 15.1. The summed E-state index contributed by atoms with van der Waals surface area (Å²) in [5, 5.41) is 13.5. The van der Waals surface area contributed by atoms with Gasteiger partial charge in [-0.2, -0.15) is 0 Å². The third-order valence-electron chi connectivity index (χ3n) is 4.16. The molecule has 118 valence electrons. The number of aliphatic hydroxyl groups is 1. The molecule has 0 radical (unpaired) electrons. The molecule has 4 heteroatoms. The summed E-state index contributed by atoms with van der Waals surface area (Å²) in [6, 6.07) is 8.23. The Kier molecular flexibility index (Phi) is 7.00. The van der Waals surface area contributed by atoms with E-state index in [9.17, 15) is 5.11 Å². The van der Waals surface area contributed by atoms with E-state index in [1.54, 1.807) is 0 Å². The first-order valence-electron chi connectivity index (χ1n) is 7.93. The minimum atomic E-state index is -0.464. The second kappa shape index (κ2) is 8.76. The summed E-state index contributed by atoms with van der Waals surface area (Å²) < 4.78 is 6.62. The minimum Gasteiger partial charge on any atom is -0.491 e. The smallest absolute Gasteiger partial charge is 0.119 e. The first-order chi connectivity index (χ1) is 10.1. The van der Waals surface area contributed by atoms with Crippen LogP contribution in [0, 0.1) is 5.92 Å². The Bertz CT molecular complexity index is 410. The van der Waals surface area contributed by atoms with Crippen molar-refractivity contribution in [3.8, 4) is 5.75 Å². The van der Waals surface area contributed by atoms with E-state index in [-0.39, 0.29) is 0 Å². The zero-order valence-corrected chi connectivity index (χ0v) is 14.3. The summed E-state index contributed by atoms with van der Waals surface area (Å²) in [4.78, 5) is 0. The number of ether oxygens (including phenoxy) is 1. The summed E-state index contributed by atoms with van der Waals surface area (Å²) in [5.41, 5.74) is 0. The molecule has 1 aromatic rings.